The monoisotopic (exact) mass is 306 g/mol. The van der Waals surface area contributed by atoms with Crippen molar-refractivity contribution in [1.82, 2.24) is 9.80 Å². The Hall–Kier alpha value is -0.660. The summed E-state index contributed by atoms with van der Waals surface area (Å²) in [5.74, 6) is 2.94. The molecule has 0 aromatic carbocycles. The van der Waals surface area contributed by atoms with Crippen molar-refractivity contribution in [2.24, 2.45) is 17.3 Å². The van der Waals surface area contributed by atoms with Crippen LogP contribution in [0.25, 0.3) is 0 Å². The molecule has 0 bridgehead atoms. The van der Waals surface area contributed by atoms with Crippen LogP contribution < -0.4 is 0 Å². The molecule has 2 aliphatic heterocycles. The Kier molecular flexibility index (Phi) is 4.16. The summed E-state index contributed by atoms with van der Waals surface area (Å²) in [6, 6.07) is 0. The minimum atomic E-state index is 0.189. The highest BCUT2D eigenvalue weighted by molar-refractivity contribution is 5.30. The van der Waals surface area contributed by atoms with Gasteiger partial charge < -0.3 is 9.80 Å². The molecule has 2 aliphatic rings. The summed E-state index contributed by atoms with van der Waals surface area (Å²) in [5, 5.41) is 0. The van der Waals surface area contributed by atoms with Gasteiger partial charge in [0.05, 0.1) is 0 Å². The molecule has 0 saturated carbocycles. The molecule has 0 radical (unpaired) electrons. The van der Waals surface area contributed by atoms with Crippen LogP contribution in [0.1, 0.15) is 75.7 Å². The summed E-state index contributed by atoms with van der Waals surface area (Å²) < 4.78 is 0. The van der Waals surface area contributed by atoms with Crippen LogP contribution in [0.4, 0.5) is 0 Å². The highest BCUT2D eigenvalue weighted by Gasteiger charge is 2.47. The van der Waals surface area contributed by atoms with Crippen molar-refractivity contribution in [3.63, 3.8) is 0 Å². The summed E-state index contributed by atoms with van der Waals surface area (Å²) in [6.07, 6.45) is 1.29. The van der Waals surface area contributed by atoms with Crippen LogP contribution in [0.3, 0.4) is 0 Å². The van der Waals surface area contributed by atoms with Crippen LogP contribution >= 0.6 is 0 Å². The van der Waals surface area contributed by atoms with Gasteiger partial charge in [-0.1, -0.05) is 27.7 Å². The fourth-order valence-electron chi connectivity index (χ4n) is 4.30. The van der Waals surface area contributed by atoms with Gasteiger partial charge in [0, 0.05) is 24.2 Å². The number of rotatable bonds is 0. The first-order chi connectivity index (χ1) is 9.74. The minimum absolute atomic E-state index is 0.189. The van der Waals surface area contributed by atoms with Crippen LogP contribution in [0.2, 0.25) is 0 Å². The predicted molar refractivity (Wildman–Crippen MR) is 96.7 cm³/mol. The van der Waals surface area contributed by atoms with E-state index >= 15 is 0 Å². The van der Waals surface area contributed by atoms with Crippen LogP contribution in [-0.2, 0) is 0 Å². The van der Waals surface area contributed by atoms with Crippen LogP contribution in [0.15, 0.2) is 11.4 Å². The van der Waals surface area contributed by atoms with Crippen molar-refractivity contribution in [1.29, 1.82) is 0 Å². The molecule has 0 N–H and O–H groups in total. The fourth-order valence-corrected chi connectivity index (χ4v) is 4.30. The van der Waals surface area contributed by atoms with E-state index < -0.39 is 0 Å². The molecule has 0 aromatic heterocycles. The molecule has 0 aromatic rings. The molecule has 0 amide bonds. The minimum Gasteiger partial charge on any atom is -0.353 e. The molecule has 0 fully saturated rings. The van der Waals surface area contributed by atoms with Gasteiger partial charge in [0.25, 0.3) is 0 Å². The second-order valence-electron chi connectivity index (χ2n) is 10.5. The zero-order chi connectivity index (χ0) is 17.1. The largest absolute Gasteiger partial charge is 0.353 e. The van der Waals surface area contributed by atoms with E-state index in [9.17, 15) is 0 Å². The van der Waals surface area contributed by atoms with E-state index in [2.05, 4.69) is 79.0 Å². The molecule has 2 atom stereocenters. The predicted octanol–water partition coefficient (Wildman–Crippen LogP) is 5.11. The van der Waals surface area contributed by atoms with Crippen molar-refractivity contribution in [2.75, 3.05) is 13.1 Å². The Balaban J connectivity index is 2.59. The summed E-state index contributed by atoms with van der Waals surface area (Å²) in [5.41, 5.74) is 2.46. The Labute approximate surface area is 138 Å². The number of hydrogen-bond donors (Lipinski definition) is 0. The molecule has 2 heteroatoms. The summed E-state index contributed by atoms with van der Waals surface area (Å²) in [7, 11) is 0. The third-order valence-electron chi connectivity index (χ3n) is 5.44. The van der Waals surface area contributed by atoms with E-state index in [-0.39, 0.29) is 11.1 Å². The van der Waals surface area contributed by atoms with E-state index in [1.54, 1.807) is 11.4 Å². The van der Waals surface area contributed by atoms with Gasteiger partial charge in [-0.3, -0.25) is 0 Å². The average molecular weight is 307 g/mol. The lowest BCUT2D eigenvalue weighted by Gasteiger charge is -2.50. The highest BCUT2D eigenvalue weighted by atomic mass is 15.4. The average Bonchev–Trinajstić information content (AvgIpc) is 2.63. The molecule has 2 heterocycles. The van der Waals surface area contributed by atoms with Crippen molar-refractivity contribution in [3.05, 3.63) is 11.4 Å². The van der Waals surface area contributed by atoms with Crippen molar-refractivity contribution >= 4 is 0 Å². The lowest BCUT2D eigenvalue weighted by molar-refractivity contribution is 0.0625. The molecule has 0 saturated heterocycles. The first-order valence-electron chi connectivity index (χ1n) is 9.04. The van der Waals surface area contributed by atoms with Gasteiger partial charge >= 0.3 is 0 Å². The van der Waals surface area contributed by atoms with Crippen LogP contribution in [0, 0.1) is 17.3 Å². The summed E-state index contributed by atoms with van der Waals surface area (Å²) in [6.45, 7) is 26.2. The Morgan fingerprint density at radius 1 is 0.818 bits per heavy atom. The fraction of sp³-hybridized carbons (Fsp3) is 0.900. The molecule has 22 heavy (non-hydrogen) atoms. The lowest BCUT2D eigenvalue weighted by Crippen LogP contribution is -2.52. The lowest BCUT2D eigenvalue weighted by atomic mass is 9.70. The van der Waals surface area contributed by atoms with Crippen LogP contribution in [-0.4, -0.2) is 34.0 Å². The second-order valence-corrected chi connectivity index (χ2v) is 10.5. The Morgan fingerprint density at radius 2 is 1.32 bits per heavy atom. The summed E-state index contributed by atoms with van der Waals surface area (Å²) in [4.78, 5) is 5.36. The normalized spacial score (nSPS) is 27.5. The second kappa shape index (κ2) is 5.18. The number of hydrogen-bond acceptors (Lipinski definition) is 2. The Bertz CT molecular complexity index is 454. The maximum atomic E-state index is 2.68. The van der Waals surface area contributed by atoms with Gasteiger partial charge in [-0.15, -0.1) is 0 Å². The highest BCUT2D eigenvalue weighted by Crippen LogP contribution is 2.50. The summed E-state index contributed by atoms with van der Waals surface area (Å²) >= 11 is 0. The maximum Gasteiger partial charge on any atom is 0.105 e. The van der Waals surface area contributed by atoms with Gasteiger partial charge in [-0.05, 0) is 70.8 Å². The van der Waals surface area contributed by atoms with Crippen molar-refractivity contribution in [3.8, 4) is 0 Å². The van der Waals surface area contributed by atoms with Gasteiger partial charge in [0.15, 0.2) is 0 Å². The molecule has 128 valence electrons. The molecule has 0 aliphatic carbocycles. The Morgan fingerprint density at radius 3 is 1.73 bits per heavy atom. The van der Waals surface area contributed by atoms with E-state index in [1.807, 2.05) is 0 Å². The third-order valence-corrected chi connectivity index (χ3v) is 5.44. The molecule has 2 unspecified atom stereocenters. The maximum absolute atomic E-state index is 2.68. The van der Waals surface area contributed by atoms with E-state index in [0.717, 1.165) is 0 Å². The quantitative estimate of drug-likeness (QED) is 0.613. The first-order valence-corrected chi connectivity index (χ1v) is 9.04. The molecular formula is C20H38N2. The third kappa shape index (κ3) is 3.03. The molecule has 2 nitrogen and oxygen atoms in total. The van der Waals surface area contributed by atoms with E-state index in [0.29, 0.717) is 17.3 Å². The SMILES string of the molecule is CC1CN(C(C)(C)C)C2=C1C(C(C)(C)C)CCN2C(C)(C)C. The molecule has 2 rings (SSSR count). The molecular weight excluding hydrogens is 268 g/mol. The zero-order valence-corrected chi connectivity index (χ0v) is 16.7. The van der Waals surface area contributed by atoms with Crippen molar-refractivity contribution in [2.45, 2.75) is 86.7 Å². The van der Waals surface area contributed by atoms with E-state index in [4.69, 9.17) is 0 Å². The van der Waals surface area contributed by atoms with Gasteiger partial charge in [-0.2, -0.15) is 0 Å². The smallest absolute Gasteiger partial charge is 0.105 e. The van der Waals surface area contributed by atoms with Gasteiger partial charge in [-0.25, -0.2) is 0 Å². The van der Waals surface area contributed by atoms with Crippen LogP contribution in [0.5, 0.6) is 0 Å². The number of nitrogens with zero attached hydrogens (tertiary/aromatic N) is 2. The van der Waals surface area contributed by atoms with Gasteiger partial charge in [0.1, 0.15) is 5.82 Å². The van der Waals surface area contributed by atoms with E-state index in [1.165, 1.54) is 19.5 Å². The van der Waals surface area contributed by atoms with Crippen molar-refractivity contribution < 1.29 is 0 Å². The topological polar surface area (TPSA) is 6.48 Å². The zero-order valence-electron chi connectivity index (χ0n) is 16.7. The standard InChI is InChI=1S/C20H38N2/c1-14-13-22(20(8,9)10)17-16(14)15(18(2,3)4)11-12-21(17)19(5,6)7/h14-15H,11-13H2,1-10H3. The van der Waals surface area contributed by atoms with Gasteiger partial charge in [0.2, 0.25) is 0 Å². The first kappa shape index (κ1) is 17.7. The molecule has 0 spiro atoms.